The van der Waals surface area contributed by atoms with Crippen LogP contribution in [0.2, 0.25) is 0 Å². The van der Waals surface area contributed by atoms with E-state index in [9.17, 15) is 13.2 Å². The van der Waals surface area contributed by atoms with Crippen molar-refractivity contribution in [2.45, 2.75) is 12.6 Å². The Bertz CT molecular complexity index is 351. The fourth-order valence-corrected chi connectivity index (χ4v) is 0.987. The van der Waals surface area contributed by atoms with E-state index in [2.05, 4.69) is 10.7 Å². The standard InChI is InChI=1S/C11H9F3O.H2/c1-2-3-9-4-6-10(7-5-9)15-8-11(12,13)14;/h1,4-7H,3,8H2;1H. The summed E-state index contributed by atoms with van der Waals surface area (Å²) in [5, 5.41) is 0. The molecule has 0 aliphatic carbocycles. The van der Waals surface area contributed by atoms with Gasteiger partial charge < -0.3 is 4.74 Å². The van der Waals surface area contributed by atoms with E-state index in [4.69, 9.17) is 6.42 Å². The van der Waals surface area contributed by atoms with Crippen molar-refractivity contribution in [2.24, 2.45) is 0 Å². The predicted molar refractivity (Wildman–Crippen MR) is 52.6 cm³/mol. The molecule has 0 spiro atoms. The highest BCUT2D eigenvalue weighted by molar-refractivity contribution is 5.29. The lowest BCUT2D eigenvalue weighted by Gasteiger charge is -2.08. The fourth-order valence-electron chi connectivity index (χ4n) is 0.987. The maximum atomic E-state index is 11.8. The Hall–Kier alpha value is -1.63. The molecular formula is C11H11F3O. The van der Waals surface area contributed by atoms with Crippen LogP contribution in [0.25, 0.3) is 0 Å². The van der Waals surface area contributed by atoms with Crippen LogP contribution in [0, 0.1) is 12.3 Å². The van der Waals surface area contributed by atoms with Gasteiger partial charge in [0.25, 0.3) is 0 Å². The molecular weight excluding hydrogens is 205 g/mol. The molecule has 1 rings (SSSR count). The quantitative estimate of drug-likeness (QED) is 0.705. The normalized spacial score (nSPS) is 10.8. The Balaban J connectivity index is 0.00000225. The lowest BCUT2D eigenvalue weighted by atomic mass is 10.1. The molecule has 0 aliphatic rings. The van der Waals surface area contributed by atoms with Gasteiger partial charge in [-0.05, 0) is 17.7 Å². The fraction of sp³-hybridized carbons (Fsp3) is 0.273. The summed E-state index contributed by atoms with van der Waals surface area (Å²) in [6.45, 7) is -1.28. The third kappa shape index (κ3) is 4.41. The number of alkyl halides is 3. The molecule has 0 bridgehead atoms. The van der Waals surface area contributed by atoms with Crippen LogP contribution in [0.15, 0.2) is 24.3 Å². The van der Waals surface area contributed by atoms with Gasteiger partial charge in [0.05, 0.1) is 0 Å². The van der Waals surface area contributed by atoms with Gasteiger partial charge in [-0.2, -0.15) is 13.2 Å². The van der Waals surface area contributed by atoms with E-state index in [1.165, 1.54) is 12.1 Å². The van der Waals surface area contributed by atoms with Gasteiger partial charge in [-0.25, -0.2) is 0 Å². The van der Waals surface area contributed by atoms with E-state index in [-0.39, 0.29) is 7.18 Å². The first-order valence-corrected chi connectivity index (χ1v) is 4.23. The molecule has 1 aromatic carbocycles. The van der Waals surface area contributed by atoms with Gasteiger partial charge >= 0.3 is 6.18 Å². The van der Waals surface area contributed by atoms with E-state index in [0.29, 0.717) is 6.42 Å². The van der Waals surface area contributed by atoms with Crippen molar-refractivity contribution in [1.82, 2.24) is 0 Å². The smallest absolute Gasteiger partial charge is 0.422 e. The lowest BCUT2D eigenvalue weighted by molar-refractivity contribution is -0.153. The number of halogens is 3. The second-order valence-corrected chi connectivity index (χ2v) is 2.93. The van der Waals surface area contributed by atoms with Crippen LogP contribution >= 0.6 is 0 Å². The monoisotopic (exact) mass is 216 g/mol. The number of rotatable bonds is 3. The largest absolute Gasteiger partial charge is 0.484 e. The Morgan fingerprint density at radius 3 is 2.33 bits per heavy atom. The maximum Gasteiger partial charge on any atom is 0.422 e. The van der Waals surface area contributed by atoms with E-state index in [1.54, 1.807) is 12.1 Å². The third-order valence-electron chi connectivity index (χ3n) is 1.63. The highest BCUT2D eigenvalue weighted by atomic mass is 19.4. The number of ether oxygens (including phenoxy) is 1. The van der Waals surface area contributed by atoms with Crippen LogP contribution in [0.1, 0.15) is 6.99 Å². The summed E-state index contributed by atoms with van der Waals surface area (Å²) in [6, 6.07) is 6.23. The van der Waals surface area contributed by atoms with Crippen molar-refractivity contribution in [3.05, 3.63) is 29.8 Å². The molecule has 0 unspecified atom stereocenters. The van der Waals surface area contributed by atoms with E-state index in [0.717, 1.165) is 5.56 Å². The Morgan fingerprint density at radius 1 is 1.27 bits per heavy atom. The summed E-state index contributed by atoms with van der Waals surface area (Å²) in [4.78, 5) is 0. The first-order chi connectivity index (χ1) is 7.01. The predicted octanol–water partition coefficient (Wildman–Crippen LogP) is 3.05. The van der Waals surface area contributed by atoms with Gasteiger partial charge in [0.1, 0.15) is 5.75 Å². The zero-order valence-electron chi connectivity index (χ0n) is 7.84. The first kappa shape index (κ1) is 11.4. The second-order valence-electron chi connectivity index (χ2n) is 2.93. The maximum absolute atomic E-state index is 11.8. The summed E-state index contributed by atoms with van der Waals surface area (Å²) < 4.78 is 39.9. The number of benzene rings is 1. The molecule has 0 N–H and O–H groups in total. The van der Waals surface area contributed by atoms with Gasteiger partial charge in [0.15, 0.2) is 6.61 Å². The van der Waals surface area contributed by atoms with Gasteiger partial charge in [-0.1, -0.05) is 12.1 Å². The number of hydrogen-bond acceptors (Lipinski definition) is 1. The van der Waals surface area contributed by atoms with Crippen LogP contribution in [0.4, 0.5) is 13.2 Å². The van der Waals surface area contributed by atoms with E-state index < -0.39 is 12.8 Å². The Labute approximate surface area is 87.4 Å². The Morgan fingerprint density at radius 2 is 1.87 bits per heavy atom. The van der Waals surface area contributed by atoms with Gasteiger partial charge in [0, 0.05) is 7.85 Å². The van der Waals surface area contributed by atoms with Crippen molar-refractivity contribution < 1.29 is 19.3 Å². The van der Waals surface area contributed by atoms with Crippen LogP contribution in [-0.2, 0) is 6.42 Å². The topological polar surface area (TPSA) is 9.23 Å². The summed E-state index contributed by atoms with van der Waals surface area (Å²) in [7, 11) is 0. The SMILES string of the molecule is C#CCc1ccc(OCC(F)(F)F)cc1.[HH]. The molecule has 0 heterocycles. The summed E-state index contributed by atoms with van der Waals surface area (Å²) in [5.41, 5.74) is 0.872. The van der Waals surface area contributed by atoms with Crippen LogP contribution < -0.4 is 4.74 Å². The average molecular weight is 216 g/mol. The van der Waals surface area contributed by atoms with Crippen molar-refractivity contribution >= 4 is 0 Å². The molecule has 0 saturated heterocycles. The molecule has 0 fully saturated rings. The minimum Gasteiger partial charge on any atom is -0.484 e. The third-order valence-corrected chi connectivity index (χ3v) is 1.63. The first-order valence-electron chi connectivity index (χ1n) is 4.23. The number of terminal acetylenes is 1. The van der Waals surface area contributed by atoms with Gasteiger partial charge in [-0.15, -0.1) is 12.3 Å². The molecule has 1 nitrogen and oxygen atoms in total. The highest BCUT2D eigenvalue weighted by Gasteiger charge is 2.28. The second kappa shape index (κ2) is 4.74. The van der Waals surface area contributed by atoms with E-state index >= 15 is 0 Å². The minimum absolute atomic E-state index is 0. The average Bonchev–Trinajstić information content (AvgIpc) is 2.16. The highest BCUT2D eigenvalue weighted by Crippen LogP contribution is 2.18. The van der Waals surface area contributed by atoms with Crippen molar-refractivity contribution in [3.63, 3.8) is 0 Å². The minimum atomic E-state index is -4.31. The Kier molecular flexibility index (Phi) is 3.62. The molecule has 4 heteroatoms. The van der Waals surface area contributed by atoms with Crippen molar-refractivity contribution in [2.75, 3.05) is 6.61 Å². The molecule has 0 aliphatic heterocycles. The van der Waals surface area contributed by atoms with Gasteiger partial charge in [0.2, 0.25) is 0 Å². The summed E-state index contributed by atoms with van der Waals surface area (Å²) in [6.07, 6.45) is 1.23. The lowest BCUT2D eigenvalue weighted by Crippen LogP contribution is -2.19. The zero-order chi connectivity index (χ0) is 11.3. The summed E-state index contributed by atoms with van der Waals surface area (Å²) in [5.74, 6) is 2.63. The molecule has 15 heavy (non-hydrogen) atoms. The molecule has 0 atom stereocenters. The molecule has 0 aromatic heterocycles. The van der Waals surface area contributed by atoms with Crippen molar-refractivity contribution in [1.29, 1.82) is 0 Å². The van der Waals surface area contributed by atoms with Gasteiger partial charge in [-0.3, -0.25) is 0 Å². The zero-order valence-corrected chi connectivity index (χ0v) is 7.84. The molecule has 82 valence electrons. The van der Waals surface area contributed by atoms with E-state index in [1.807, 2.05) is 0 Å². The molecule has 0 saturated carbocycles. The molecule has 0 radical (unpaired) electrons. The van der Waals surface area contributed by atoms with Crippen LogP contribution in [0.5, 0.6) is 5.75 Å². The molecule has 1 aromatic rings. The number of hydrogen-bond donors (Lipinski definition) is 0. The van der Waals surface area contributed by atoms with Crippen LogP contribution in [0.3, 0.4) is 0 Å². The van der Waals surface area contributed by atoms with Crippen LogP contribution in [-0.4, -0.2) is 12.8 Å². The summed E-state index contributed by atoms with van der Waals surface area (Å²) >= 11 is 0. The van der Waals surface area contributed by atoms with Crippen molar-refractivity contribution in [3.8, 4) is 18.1 Å². The molecule has 0 amide bonds.